The molecule has 5 heteroatoms. The van der Waals surface area contributed by atoms with Crippen molar-refractivity contribution in [1.29, 1.82) is 0 Å². The van der Waals surface area contributed by atoms with Crippen LogP contribution in [-0.4, -0.2) is 44.1 Å². The second kappa shape index (κ2) is 8.13. The van der Waals surface area contributed by atoms with E-state index in [1.807, 2.05) is 0 Å². The van der Waals surface area contributed by atoms with Gasteiger partial charge in [0, 0.05) is 29.8 Å². The van der Waals surface area contributed by atoms with Crippen LogP contribution in [0.15, 0.2) is 22.7 Å². The molecular formula is C16H25BrN2O2. The first-order chi connectivity index (χ1) is 10.1. The number of nitrogens with one attached hydrogen (secondary N) is 1. The number of nitrogens with zero attached hydrogens (tertiary/aromatic N) is 1. The average molecular weight is 357 g/mol. The smallest absolute Gasteiger partial charge is 0.0980 e. The summed E-state index contributed by atoms with van der Waals surface area (Å²) in [4.78, 5) is 2.31. The molecule has 1 atom stereocenters. The van der Waals surface area contributed by atoms with Gasteiger partial charge >= 0.3 is 0 Å². The highest BCUT2D eigenvalue weighted by Crippen LogP contribution is 2.27. The fraction of sp³-hybridized carbons (Fsp3) is 0.625. The maximum atomic E-state index is 9.31. The predicted octanol–water partition coefficient (Wildman–Crippen LogP) is 2.39. The van der Waals surface area contributed by atoms with Gasteiger partial charge in [0.1, 0.15) is 0 Å². The minimum absolute atomic E-state index is 0.0748. The molecule has 21 heavy (non-hydrogen) atoms. The molecule has 1 saturated heterocycles. The van der Waals surface area contributed by atoms with Crippen LogP contribution >= 0.6 is 15.9 Å². The van der Waals surface area contributed by atoms with Crippen LogP contribution in [-0.2, 0) is 11.3 Å². The number of benzene rings is 1. The Hall–Kier alpha value is -0.620. The number of rotatable bonds is 6. The zero-order valence-electron chi connectivity index (χ0n) is 12.8. The van der Waals surface area contributed by atoms with E-state index in [1.165, 1.54) is 11.3 Å². The molecule has 0 aromatic heterocycles. The van der Waals surface area contributed by atoms with Gasteiger partial charge in [-0.3, -0.25) is 0 Å². The van der Waals surface area contributed by atoms with Gasteiger partial charge < -0.3 is 20.1 Å². The molecule has 1 unspecified atom stereocenters. The Balaban J connectivity index is 2.10. The monoisotopic (exact) mass is 356 g/mol. The molecule has 1 fully saturated rings. The normalized spacial score (nSPS) is 19.3. The van der Waals surface area contributed by atoms with Gasteiger partial charge in [-0.1, -0.05) is 35.8 Å². The van der Waals surface area contributed by atoms with E-state index in [0.29, 0.717) is 12.5 Å². The fourth-order valence-electron chi connectivity index (χ4n) is 2.52. The van der Waals surface area contributed by atoms with Gasteiger partial charge in [-0.15, -0.1) is 0 Å². The number of aliphatic hydroxyl groups excluding tert-OH is 1. The van der Waals surface area contributed by atoms with Crippen LogP contribution in [0.4, 0.5) is 5.69 Å². The molecule has 1 aliphatic heterocycles. The third-order valence-corrected chi connectivity index (χ3v) is 4.09. The number of aliphatic hydroxyl groups is 1. The van der Waals surface area contributed by atoms with E-state index in [0.717, 1.165) is 30.7 Å². The van der Waals surface area contributed by atoms with E-state index in [2.05, 4.69) is 58.2 Å². The minimum atomic E-state index is -0.0887. The van der Waals surface area contributed by atoms with Crippen molar-refractivity contribution in [2.45, 2.75) is 26.5 Å². The third kappa shape index (κ3) is 4.95. The average Bonchev–Trinajstić information content (AvgIpc) is 2.48. The Bertz CT molecular complexity index is 454. The van der Waals surface area contributed by atoms with Gasteiger partial charge in [-0.25, -0.2) is 0 Å². The van der Waals surface area contributed by atoms with Crippen molar-refractivity contribution in [1.82, 2.24) is 5.32 Å². The molecule has 0 bridgehead atoms. The Kier molecular flexibility index (Phi) is 6.48. The lowest BCUT2D eigenvalue weighted by atomic mass is 10.1. The van der Waals surface area contributed by atoms with Crippen molar-refractivity contribution < 1.29 is 9.84 Å². The van der Waals surface area contributed by atoms with Gasteiger partial charge in [0.05, 0.1) is 19.3 Å². The van der Waals surface area contributed by atoms with Crippen molar-refractivity contribution in [3.8, 4) is 0 Å². The first kappa shape index (κ1) is 16.7. The second-order valence-electron chi connectivity index (χ2n) is 5.92. The Morgan fingerprint density at radius 3 is 3.00 bits per heavy atom. The molecule has 2 N–H and O–H groups in total. The van der Waals surface area contributed by atoms with Crippen molar-refractivity contribution in [2.24, 2.45) is 5.92 Å². The Labute approximate surface area is 135 Å². The summed E-state index contributed by atoms with van der Waals surface area (Å²) in [6.45, 7) is 8.64. The first-order valence-corrected chi connectivity index (χ1v) is 8.36. The molecule has 1 aromatic carbocycles. The van der Waals surface area contributed by atoms with Gasteiger partial charge in [0.25, 0.3) is 0 Å². The van der Waals surface area contributed by atoms with Gasteiger partial charge in [-0.05, 0) is 30.2 Å². The lowest BCUT2D eigenvalue weighted by molar-refractivity contribution is 0.00352. The van der Waals surface area contributed by atoms with E-state index in [4.69, 9.17) is 4.74 Å². The molecule has 0 spiro atoms. The summed E-state index contributed by atoms with van der Waals surface area (Å²) in [5.74, 6) is 0.644. The summed E-state index contributed by atoms with van der Waals surface area (Å²) in [5.41, 5.74) is 2.51. The second-order valence-corrected chi connectivity index (χ2v) is 6.83. The van der Waals surface area contributed by atoms with Crippen LogP contribution in [0, 0.1) is 5.92 Å². The summed E-state index contributed by atoms with van der Waals surface area (Å²) in [6, 6.07) is 6.40. The summed E-state index contributed by atoms with van der Waals surface area (Å²) in [6.07, 6.45) is -0.0887. The summed E-state index contributed by atoms with van der Waals surface area (Å²) in [5, 5.41) is 12.8. The lowest BCUT2D eigenvalue weighted by Crippen LogP contribution is -2.44. The largest absolute Gasteiger partial charge is 0.394 e. The highest BCUT2D eigenvalue weighted by Gasteiger charge is 2.21. The molecular weight excluding hydrogens is 332 g/mol. The van der Waals surface area contributed by atoms with E-state index >= 15 is 0 Å². The SMILES string of the molecule is CC(C)CNCc1ccc(Br)cc1N1CCOC(CO)C1. The molecule has 4 nitrogen and oxygen atoms in total. The molecule has 2 rings (SSSR count). The zero-order chi connectivity index (χ0) is 15.2. The van der Waals surface area contributed by atoms with Crippen molar-refractivity contribution >= 4 is 21.6 Å². The minimum Gasteiger partial charge on any atom is -0.394 e. The molecule has 1 heterocycles. The fourth-order valence-corrected chi connectivity index (χ4v) is 2.87. The number of halogens is 1. The number of anilines is 1. The molecule has 0 radical (unpaired) electrons. The summed E-state index contributed by atoms with van der Waals surface area (Å²) >= 11 is 3.56. The maximum absolute atomic E-state index is 9.31. The number of hydrogen-bond donors (Lipinski definition) is 2. The first-order valence-electron chi connectivity index (χ1n) is 7.56. The van der Waals surface area contributed by atoms with Crippen molar-refractivity contribution in [2.75, 3.05) is 37.7 Å². The van der Waals surface area contributed by atoms with E-state index in [9.17, 15) is 5.11 Å². The molecule has 1 aromatic rings. The van der Waals surface area contributed by atoms with Crippen LogP contribution < -0.4 is 10.2 Å². The van der Waals surface area contributed by atoms with Crippen molar-refractivity contribution in [3.05, 3.63) is 28.2 Å². The zero-order valence-corrected chi connectivity index (χ0v) is 14.4. The molecule has 0 amide bonds. The van der Waals surface area contributed by atoms with Gasteiger partial charge in [0.15, 0.2) is 0 Å². The lowest BCUT2D eigenvalue weighted by Gasteiger charge is -2.35. The standard InChI is InChI=1S/C16H25BrN2O2/c1-12(2)8-18-9-13-3-4-14(17)7-16(13)19-5-6-21-15(10-19)11-20/h3-4,7,12,15,18,20H,5-6,8-11H2,1-2H3. The quantitative estimate of drug-likeness (QED) is 0.821. The van der Waals surface area contributed by atoms with E-state index in [1.54, 1.807) is 0 Å². The number of ether oxygens (including phenoxy) is 1. The topological polar surface area (TPSA) is 44.7 Å². The predicted molar refractivity (Wildman–Crippen MR) is 89.7 cm³/mol. The van der Waals surface area contributed by atoms with Crippen LogP contribution in [0.1, 0.15) is 19.4 Å². The van der Waals surface area contributed by atoms with E-state index < -0.39 is 0 Å². The number of morpholine rings is 1. The van der Waals surface area contributed by atoms with Crippen LogP contribution in [0.3, 0.4) is 0 Å². The van der Waals surface area contributed by atoms with Crippen molar-refractivity contribution in [3.63, 3.8) is 0 Å². The van der Waals surface area contributed by atoms with Crippen LogP contribution in [0.25, 0.3) is 0 Å². The molecule has 1 aliphatic rings. The molecule has 0 saturated carbocycles. The Morgan fingerprint density at radius 2 is 2.29 bits per heavy atom. The van der Waals surface area contributed by atoms with Crippen LogP contribution in [0.5, 0.6) is 0 Å². The maximum Gasteiger partial charge on any atom is 0.0980 e. The highest BCUT2D eigenvalue weighted by atomic mass is 79.9. The highest BCUT2D eigenvalue weighted by molar-refractivity contribution is 9.10. The Morgan fingerprint density at radius 1 is 1.48 bits per heavy atom. The van der Waals surface area contributed by atoms with Crippen LogP contribution in [0.2, 0.25) is 0 Å². The van der Waals surface area contributed by atoms with Gasteiger partial charge in [-0.2, -0.15) is 0 Å². The third-order valence-electron chi connectivity index (χ3n) is 3.60. The summed E-state index contributed by atoms with van der Waals surface area (Å²) in [7, 11) is 0. The number of hydrogen-bond acceptors (Lipinski definition) is 4. The molecule has 118 valence electrons. The summed E-state index contributed by atoms with van der Waals surface area (Å²) < 4.78 is 6.62. The van der Waals surface area contributed by atoms with Gasteiger partial charge in [0.2, 0.25) is 0 Å². The van der Waals surface area contributed by atoms with E-state index in [-0.39, 0.29) is 12.7 Å². The molecule has 0 aliphatic carbocycles.